The molecule has 0 unspecified atom stereocenters. The Morgan fingerprint density at radius 1 is 1.39 bits per heavy atom. The van der Waals surface area contributed by atoms with Crippen molar-refractivity contribution in [1.82, 2.24) is 15.1 Å². The summed E-state index contributed by atoms with van der Waals surface area (Å²) in [5.41, 5.74) is 3.44. The molecule has 0 aliphatic rings. The first-order valence-electron chi connectivity index (χ1n) is 6.44. The molecule has 0 spiro atoms. The number of nitrogens with zero attached hydrogens (tertiary/aromatic N) is 2. The van der Waals surface area contributed by atoms with Crippen LogP contribution in [0, 0.1) is 0 Å². The molecule has 0 amide bonds. The Morgan fingerprint density at radius 3 is 2.83 bits per heavy atom. The van der Waals surface area contributed by atoms with Gasteiger partial charge in [0, 0.05) is 24.4 Å². The molecule has 2 aromatic heterocycles. The molecule has 18 heavy (non-hydrogen) atoms. The second-order valence-corrected chi connectivity index (χ2v) is 4.79. The van der Waals surface area contributed by atoms with Crippen molar-refractivity contribution in [3.63, 3.8) is 0 Å². The molecular formula is C14H21N3O. The van der Waals surface area contributed by atoms with Gasteiger partial charge in [-0.1, -0.05) is 20.8 Å². The fourth-order valence-corrected chi connectivity index (χ4v) is 2.10. The third-order valence-corrected chi connectivity index (χ3v) is 2.98. The van der Waals surface area contributed by atoms with Crippen molar-refractivity contribution in [2.24, 2.45) is 7.05 Å². The molecule has 0 aliphatic heterocycles. The Bertz CT molecular complexity index is 511. The summed E-state index contributed by atoms with van der Waals surface area (Å²) in [7, 11) is 1.96. The minimum atomic E-state index is 0.406. The average Bonchev–Trinajstić information content (AvgIpc) is 2.91. The lowest BCUT2D eigenvalue weighted by atomic mass is 10.0. The van der Waals surface area contributed by atoms with Crippen LogP contribution in [0.3, 0.4) is 0 Å². The first-order valence-corrected chi connectivity index (χ1v) is 6.44. The maximum atomic E-state index is 5.57. The topological polar surface area (TPSA) is 43.0 Å². The summed E-state index contributed by atoms with van der Waals surface area (Å²) >= 11 is 0. The lowest BCUT2D eigenvalue weighted by Gasteiger charge is -2.06. The molecule has 2 heterocycles. The van der Waals surface area contributed by atoms with E-state index in [0.29, 0.717) is 5.92 Å². The van der Waals surface area contributed by atoms with E-state index in [0.717, 1.165) is 30.1 Å². The molecule has 0 aliphatic carbocycles. The number of aryl methyl sites for hydroxylation is 1. The summed E-state index contributed by atoms with van der Waals surface area (Å²) < 4.78 is 7.44. The molecule has 1 N–H and O–H groups in total. The third kappa shape index (κ3) is 2.48. The molecule has 2 aromatic rings. The molecule has 98 valence electrons. The van der Waals surface area contributed by atoms with Crippen molar-refractivity contribution in [1.29, 1.82) is 0 Å². The van der Waals surface area contributed by atoms with Gasteiger partial charge in [0.1, 0.15) is 5.76 Å². The van der Waals surface area contributed by atoms with Gasteiger partial charge < -0.3 is 9.73 Å². The highest BCUT2D eigenvalue weighted by Crippen LogP contribution is 2.31. The zero-order valence-corrected chi connectivity index (χ0v) is 11.5. The Morgan fingerprint density at radius 2 is 2.17 bits per heavy atom. The van der Waals surface area contributed by atoms with Crippen LogP contribution in [0.15, 0.2) is 22.9 Å². The summed E-state index contributed by atoms with van der Waals surface area (Å²) in [6.45, 7) is 8.10. The molecular weight excluding hydrogens is 226 g/mol. The summed E-state index contributed by atoms with van der Waals surface area (Å²) in [5, 5.41) is 7.84. The maximum absolute atomic E-state index is 5.57. The second-order valence-electron chi connectivity index (χ2n) is 4.79. The van der Waals surface area contributed by atoms with Gasteiger partial charge in [-0.05, 0) is 18.5 Å². The monoisotopic (exact) mass is 247 g/mol. The van der Waals surface area contributed by atoms with E-state index in [4.69, 9.17) is 4.42 Å². The quantitative estimate of drug-likeness (QED) is 0.883. The van der Waals surface area contributed by atoms with Gasteiger partial charge >= 0.3 is 0 Å². The SMILES string of the molecule is CCNCc1occc1-c1cn(C)nc1C(C)C. The smallest absolute Gasteiger partial charge is 0.125 e. The molecule has 0 saturated carbocycles. The first-order chi connectivity index (χ1) is 8.63. The van der Waals surface area contributed by atoms with Crippen LogP contribution in [0.25, 0.3) is 11.1 Å². The van der Waals surface area contributed by atoms with E-state index in [1.54, 1.807) is 6.26 Å². The van der Waals surface area contributed by atoms with Crippen LogP contribution in [-0.4, -0.2) is 16.3 Å². The molecule has 2 rings (SSSR count). The largest absolute Gasteiger partial charge is 0.467 e. The number of aromatic nitrogens is 2. The Hall–Kier alpha value is -1.55. The van der Waals surface area contributed by atoms with Gasteiger partial charge in [0.15, 0.2) is 0 Å². The highest BCUT2D eigenvalue weighted by Gasteiger charge is 2.17. The van der Waals surface area contributed by atoms with E-state index >= 15 is 0 Å². The van der Waals surface area contributed by atoms with Crippen LogP contribution in [-0.2, 0) is 13.6 Å². The fraction of sp³-hybridized carbons (Fsp3) is 0.500. The molecule has 0 fully saturated rings. The van der Waals surface area contributed by atoms with Gasteiger partial charge in [-0.15, -0.1) is 0 Å². The number of furan rings is 1. The predicted octanol–water partition coefficient (Wildman–Crippen LogP) is 2.91. The lowest BCUT2D eigenvalue weighted by Crippen LogP contribution is -2.11. The Labute approximate surface area is 108 Å². The van der Waals surface area contributed by atoms with Crippen LogP contribution in [0.4, 0.5) is 0 Å². The van der Waals surface area contributed by atoms with Crippen LogP contribution < -0.4 is 5.32 Å². The number of hydrogen-bond acceptors (Lipinski definition) is 3. The van der Waals surface area contributed by atoms with Crippen molar-refractivity contribution in [3.05, 3.63) is 30.0 Å². The Balaban J connectivity index is 2.39. The molecule has 0 bridgehead atoms. The molecule has 0 atom stereocenters. The standard InChI is InChI=1S/C14H21N3O/c1-5-15-8-13-11(6-7-18-13)12-9-17(4)16-14(12)10(2)3/h6-7,9-10,15H,5,8H2,1-4H3. The third-order valence-electron chi connectivity index (χ3n) is 2.98. The van der Waals surface area contributed by atoms with Gasteiger partial charge in [-0.3, -0.25) is 4.68 Å². The molecule has 4 heteroatoms. The Kier molecular flexibility index (Phi) is 3.87. The molecule has 0 radical (unpaired) electrons. The minimum Gasteiger partial charge on any atom is -0.467 e. The normalized spacial score (nSPS) is 11.4. The van der Waals surface area contributed by atoms with E-state index in [-0.39, 0.29) is 0 Å². The minimum absolute atomic E-state index is 0.406. The maximum Gasteiger partial charge on any atom is 0.125 e. The average molecular weight is 247 g/mol. The molecule has 0 saturated heterocycles. The van der Waals surface area contributed by atoms with Gasteiger partial charge in [-0.25, -0.2) is 0 Å². The predicted molar refractivity (Wildman–Crippen MR) is 72.4 cm³/mol. The number of rotatable bonds is 5. The highest BCUT2D eigenvalue weighted by atomic mass is 16.3. The summed E-state index contributed by atoms with van der Waals surface area (Å²) in [5.74, 6) is 1.38. The summed E-state index contributed by atoms with van der Waals surface area (Å²) in [4.78, 5) is 0. The van der Waals surface area contributed by atoms with Crippen molar-refractivity contribution >= 4 is 0 Å². The van der Waals surface area contributed by atoms with Crippen LogP contribution in [0.1, 0.15) is 38.1 Å². The van der Waals surface area contributed by atoms with Gasteiger partial charge in [0.2, 0.25) is 0 Å². The zero-order chi connectivity index (χ0) is 13.1. The van der Waals surface area contributed by atoms with Crippen LogP contribution >= 0.6 is 0 Å². The zero-order valence-electron chi connectivity index (χ0n) is 11.5. The van der Waals surface area contributed by atoms with E-state index in [1.807, 2.05) is 17.8 Å². The number of hydrogen-bond donors (Lipinski definition) is 1. The van der Waals surface area contributed by atoms with Crippen LogP contribution in [0.5, 0.6) is 0 Å². The van der Waals surface area contributed by atoms with Crippen molar-refractivity contribution in [2.45, 2.75) is 33.2 Å². The van der Waals surface area contributed by atoms with E-state index in [2.05, 4.69) is 37.4 Å². The van der Waals surface area contributed by atoms with Gasteiger partial charge in [-0.2, -0.15) is 5.10 Å². The molecule has 0 aromatic carbocycles. The van der Waals surface area contributed by atoms with E-state index in [1.165, 1.54) is 5.56 Å². The summed E-state index contributed by atoms with van der Waals surface area (Å²) in [6, 6.07) is 2.02. The lowest BCUT2D eigenvalue weighted by molar-refractivity contribution is 0.489. The van der Waals surface area contributed by atoms with Crippen molar-refractivity contribution in [2.75, 3.05) is 6.54 Å². The van der Waals surface area contributed by atoms with Gasteiger partial charge in [0.05, 0.1) is 18.5 Å². The van der Waals surface area contributed by atoms with Gasteiger partial charge in [0.25, 0.3) is 0 Å². The number of nitrogens with one attached hydrogen (secondary N) is 1. The fourth-order valence-electron chi connectivity index (χ4n) is 2.10. The van der Waals surface area contributed by atoms with E-state index < -0.39 is 0 Å². The highest BCUT2D eigenvalue weighted by molar-refractivity contribution is 5.67. The van der Waals surface area contributed by atoms with E-state index in [9.17, 15) is 0 Å². The van der Waals surface area contributed by atoms with Crippen LogP contribution in [0.2, 0.25) is 0 Å². The second kappa shape index (κ2) is 5.40. The van der Waals surface area contributed by atoms with Crippen molar-refractivity contribution in [3.8, 4) is 11.1 Å². The first kappa shape index (κ1) is 12.9. The van der Waals surface area contributed by atoms with Crippen molar-refractivity contribution < 1.29 is 4.42 Å². The molecule has 4 nitrogen and oxygen atoms in total. The summed E-state index contributed by atoms with van der Waals surface area (Å²) in [6.07, 6.45) is 3.81.